The van der Waals surface area contributed by atoms with E-state index in [0.29, 0.717) is 5.75 Å². The maximum Gasteiger partial charge on any atom is 0.269 e. The zero-order chi connectivity index (χ0) is 21.3. The first-order valence-corrected chi connectivity index (χ1v) is 9.42. The van der Waals surface area contributed by atoms with E-state index in [2.05, 4.69) is 5.32 Å². The minimum atomic E-state index is -0.472. The first kappa shape index (κ1) is 20.9. The van der Waals surface area contributed by atoms with E-state index in [0.717, 1.165) is 16.9 Å². The van der Waals surface area contributed by atoms with Crippen molar-refractivity contribution in [2.24, 2.45) is 0 Å². The largest absolute Gasteiger partial charge is 0.497 e. The maximum absolute atomic E-state index is 12.6. The zero-order valence-electron chi connectivity index (χ0n) is 16.5. The number of hydrogen-bond acceptors (Lipinski definition) is 5. The Hall–Kier alpha value is -3.87. The molecule has 0 aromatic heterocycles. The Morgan fingerprint density at radius 1 is 0.933 bits per heavy atom. The van der Waals surface area contributed by atoms with E-state index >= 15 is 0 Å². The van der Waals surface area contributed by atoms with Gasteiger partial charge >= 0.3 is 0 Å². The van der Waals surface area contributed by atoms with Crippen LogP contribution in [0.25, 0.3) is 0 Å². The van der Waals surface area contributed by atoms with Crippen molar-refractivity contribution in [2.45, 2.75) is 12.5 Å². The van der Waals surface area contributed by atoms with Gasteiger partial charge in [0.25, 0.3) is 5.69 Å². The zero-order valence-corrected chi connectivity index (χ0v) is 16.5. The Labute approximate surface area is 174 Å². The second kappa shape index (κ2) is 10.1. The van der Waals surface area contributed by atoms with E-state index in [4.69, 9.17) is 9.47 Å². The number of ether oxygens (including phenoxy) is 2. The maximum atomic E-state index is 12.6. The SMILES string of the molecule is COc1ccc(C(NC(=O)CCOc2ccc([N+](=O)[O-])cc2)c2ccccc2)cc1. The summed E-state index contributed by atoms with van der Waals surface area (Å²) >= 11 is 0. The van der Waals surface area contributed by atoms with E-state index in [1.807, 2.05) is 54.6 Å². The lowest BCUT2D eigenvalue weighted by atomic mass is 9.98. The summed E-state index contributed by atoms with van der Waals surface area (Å²) in [5, 5.41) is 13.7. The lowest BCUT2D eigenvalue weighted by Crippen LogP contribution is -2.30. The normalized spacial score (nSPS) is 11.4. The van der Waals surface area contributed by atoms with Crippen LogP contribution < -0.4 is 14.8 Å². The summed E-state index contributed by atoms with van der Waals surface area (Å²) in [7, 11) is 1.61. The van der Waals surface area contributed by atoms with Gasteiger partial charge in [-0.2, -0.15) is 0 Å². The molecule has 0 fully saturated rings. The van der Waals surface area contributed by atoms with E-state index in [9.17, 15) is 14.9 Å². The number of rotatable bonds is 9. The summed E-state index contributed by atoms with van der Waals surface area (Å²) in [4.78, 5) is 22.8. The van der Waals surface area contributed by atoms with Crippen molar-refractivity contribution in [1.82, 2.24) is 5.32 Å². The number of carbonyl (C=O) groups excluding carboxylic acids is 1. The van der Waals surface area contributed by atoms with E-state index in [1.165, 1.54) is 24.3 Å². The van der Waals surface area contributed by atoms with Crippen LogP contribution in [0.4, 0.5) is 5.69 Å². The molecule has 1 amide bonds. The molecule has 0 saturated carbocycles. The number of benzene rings is 3. The van der Waals surface area contributed by atoms with Crippen molar-refractivity contribution < 1.29 is 19.2 Å². The molecule has 3 aromatic rings. The number of amides is 1. The summed E-state index contributed by atoms with van der Waals surface area (Å²) in [6, 6.07) is 22.7. The molecule has 1 unspecified atom stereocenters. The highest BCUT2D eigenvalue weighted by atomic mass is 16.6. The third-order valence-corrected chi connectivity index (χ3v) is 4.53. The van der Waals surface area contributed by atoms with E-state index in [-0.39, 0.29) is 30.7 Å². The molecular weight excluding hydrogens is 384 g/mol. The molecule has 0 spiro atoms. The van der Waals surface area contributed by atoms with Crippen molar-refractivity contribution in [3.05, 3.63) is 100 Å². The van der Waals surface area contributed by atoms with Crippen molar-refractivity contribution in [3.8, 4) is 11.5 Å². The lowest BCUT2D eigenvalue weighted by Gasteiger charge is -2.20. The Kier molecular flexibility index (Phi) is 7.00. The molecule has 0 heterocycles. The van der Waals surface area contributed by atoms with E-state index < -0.39 is 4.92 Å². The Morgan fingerprint density at radius 3 is 2.13 bits per heavy atom. The van der Waals surface area contributed by atoms with Gasteiger partial charge in [-0.1, -0.05) is 42.5 Å². The smallest absolute Gasteiger partial charge is 0.269 e. The Morgan fingerprint density at radius 2 is 1.53 bits per heavy atom. The highest BCUT2D eigenvalue weighted by molar-refractivity contribution is 5.77. The van der Waals surface area contributed by atoms with Crippen LogP contribution in [0.15, 0.2) is 78.9 Å². The molecule has 7 heteroatoms. The summed E-state index contributed by atoms with van der Waals surface area (Å²) in [5.74, 6) is 1.05. The minimum absolute atomic E-state index is 0.00899. The summed E-state index contributed by atoms with van der Waals surface area (Å²) in [6.45, 7) is 0.160. The van der Waals surface area contributed by atoms with Gasteiger partial charge in [-0.15, -0.1) is 0 Å². The first-order chi connectivity index (χ1) is 14.6. The molecule has 0 saturated heterocycles. The number of nitrogens with one attached hydrogen (secondary N) is 1. The number of non-ortho nitro benzene ring substituents is 1. The minimum Gasteiger partial charge on any atom is -0.497 e. The van der Waals surface area contributed by atoms with Gasteiger partial charge in [0.1, 0.15) is 11.5 Å². The van der Waals surface area contributed by atoms with Crippen molar-refractivity contribution in [2.75, 3.05) is 13.7 Å². The topological polar surface area (TPSA) is 90.7 Å². The van der Waals surface area contributed by atoms with Gasteiger partial charge in [-0.05, 0) is 35.4 Å². The lowest BCUT2D eigenvalue weighted by molar-refractivity contribution is -0.384. The van der Waals surface area contributed by atoms with Gasteiger partial charge in [-0.25, -0.2) is 0 Å². The standard InChI is InChI=1S/C23H22N2O5/c1-29-20-11-7-18(8-12-20)23(17-5-3-2-4-6-17)24-22(26)15-16-30-21-13-9-19(10-14-21)25(27)28/h2-14,23H,15-16H2,1H3,(H,24,26). The molecule has 3 rings (SSSR count). The van der Waals surface area contributed by atoms with Gasteiger partial charge in [0.05, 0.1) is 31.1 Å². The van der Waals surface area contributed by atoms with Crippen LogP contribution >= 0.6 is 0 Å². The third kappa shape index (κ3) is 5.57. The fourth-order valence-corrected chi connectivity index (χ4v) is 2.96. The highest BCUT2D eigenvalue weighted by Gasteiger charge is 2.17. The van der Waals surface area contributed by atoms with Crippen molar-refractivity contribution in [3.63, 3.8) is 0 Å². The van der Waals surface area contributed by atoms with Crippen LogP contribution in [-0.2, 0) is 4.79 Å². The van der Waals surface area contributed by atoms with Crippen LogP contribution in [0.2, 0.25) is 0 Å². The van der Waals surface area contributed by atoms with Gasteiger partial charge in [0.15, 0.2) is 0 Å². The fourth-order valence-electron chi connectivity index (χ4n) is 2.96. The second-order valence-electron chi connectivity index (χ2n) is 6.53. The average molecular weight is 406 g/mol. The van der Waals surface area contributed by atoms with Gasteiger partial charge in [0, 0.05) is 12.1 Å². The van der Waals surface area contributed by atoms with E-state index in [1.54, 1.807) is 7.11 Å². The molecule has 0 bridgehead atoms. The first-order valence-electron chi connectivity index (χ1n) is 9.42. The fraction of sp³-hybridized carbons (Fsp3) is 0.174. The summed E-state index contributed by atoms with van der Waals surface area (Å²) in [5.41, 5.74) is 1.89. The number of carbonyl (C=O) groups is 1. The second-order valence-corrected chi connectivity index (χ2v) is 6.53. The molecule has 154 valence electrons. The van der Waals surface area contributed by atoms with Crippen molar-refractivity contribution >= 4 is 11.6 Å². The molecule has 3 aromatic carbocycles. The number of nitro benzene ring substituents is 1. The van der Waals surface area contributed by atoms with Crippen LogP contribution in [0.1, 0.15) is 23.6 Å². The van der Waals surface area contributed by atoms with Crippen LogP contribution in [0.3, 0.4) is 0 Å². The highest BCUT2D eigenvalue weighted by Crippen LogP contribution is 2.24. The molecule has 1 atom stereocenters. The Bertz CT molecular complexity index is 973. The monoisotopic (exact) mass is 406 g/mol. The van der Waals surface area contributed by atoms with Crippen LogP contribution in [-0.4, -0.2) is 24.5 Å². The third-order valence-electron chi connectivity index (χ3n) is 4.53. The predicted molar refractivity (Wildman–Crippen MR) is 113 cm³/mol. The van der Waals surface area contributed by atoms with Gasteiger partial charge < -0.3 is 14.8 Å². The average Bonchev–Trinajstić information content (AvgIpc) is 2.78. The quantitative estimate of drug-likeness (QED) is 0.423. The predicted octanol–water partition coefficient (Wildman–Crippen LogP) is 4.28. The number of nitrogens with zero attached hydrogens (tertiary/aromatic N) is 1. The molecule has 1 N–H and O–H groups in total. The van der Waals surface area contributed by atoms with Gasteiger partial charge in [0.2, 0.25) is 5.91 Å². The van der Waals surface area contributed by atoms with Gasteiger partial charge in [-0.3, -0.25) is 14.9 Å². The molecular formula is C23H22N2O5. The van der Waals surface area contributed by atoms with Crippen LogP contribution in [0, 0.1) is 10.1 Å². The number of methoxy groups -OCH3 is 1. The molecule has 0 radical (unpaired) electrons. The van der Waals surface area contributed by atoms with Crippen LogP contribution in [0.5, 0.6) is 11.5 Å². The summed E-state index contributed by atoms with van der Waals surface area (Å²) in [6.07, 6.45) is 0.149. The Balaban J connectivity index is 1.62. The summed E-state index contributed by atoms with van der Waals surface area (Å²) < 4.78 is 10.7. The number of nitro groups is 1. The molecule has 0 aliphatic carbocycles. The number of hydrogen-bond donors (Lipinski definition) is 1. The molecule has 30 heavy (non-hydrogen) atoms. The molecule has 0 aliphatic rings. The molecule has 0 aliphatic heterocycles. The van der Waals surface area contributed by atoms with Crippen molar-refractivity contribution in [1.29, 1.82) is 0 Å². The molecule has 7 nitrogen and oxygen atoms in total.